The van der Waals surface area contributed by atoms with Gasteiger partial charge in [-0.1, -0.05) is 45.8 Å². The van der Waals surface area contributed by atoms with Gasteiger partial charge in [0.05, 0.1) is 12.8 Å². The first kappa shape index (κ1) is 18.0. The Morgan fingerprint density at radius 1 is 1.17 bits per heavy atom. The lowest BCUT2D eigenvalue weighted by Gasteiger charge is -2.10. The van der Waals surface area contributed by atoms with Crippen molar-refractivity contribution in [1.29, 1.82) is 0 Å². The van der Waals surface area contributed by atoms with Gasteiger partial charge in [0.2, 0.25) is 0 Å². The van der Waals surface area contributed by atoms with Crippen LogP contribution in [-0.2, 0) is 4.79 Å². The highest BCUT2D eigenvalue weighted by molar-refractivity contribution is 9.10. The number of nitrogens with one attached hydrogen (secondary N) is 1. The summed E-state index contributed by atoms with van der Waals surface area (Å²) in [6.45, 7) is 3.71. The van der Waals surface area contributed by atoms with Gasteiger partial charge in [-0.15, -0.1) is 0 Å². The largest absolute Gasteiger partial charge is 0.493 e. The first-order chi connectivity index (χ1) is 11.5. The highest BCUT2D eigenvalue weighted by atomic mass is 79.9. The molecule has 5 nitrogen and oxygen atoms in total. The summed E-state index contributed by atoms with van der Waals surface area (Å²) in [6, 6.07) is 13.2. The monoisotopic (exact) mass is 390 g/mol. The molecule has 0 aliphatic carbocycles. The standard InChI is InChI=1S/C18H19BrN2O3/c1-12-4-6-14(7-5-12)13(2)20-21-18(22)11-24-16-9-8-15(19)10-17(16)23-3/h4-10H,11H2,1-3H3,(H,21,22). The summed E-state index contributed by atoms with van der Waals surface area (Å²) >= 11 is 3.35. The van der Waals surface area contributed by atoms with Crippen LogP contribution < -0.4 is 14.9 Å². The van der Waals surface area contributed by atoms with Gasteiger partial charge in [0, 0.05) is 4.47 Å². The maximum absolute atomic E-state index is 11.9. The molecule has 0 saturated heterocycles. The average molecular weight is 391 g/mol. The van der Waals surface area contributed by atoms with Gasteiger partial charge in [-0.25, -0.2) is 5.43 Å². The van der Waals surface area contributed by atoms with Crippen LogP contribution in [0.1, 0.15) is 18.1 Å². The molecule has 0 unspecified atom stereocenters. The Labute approximate surface area is 149 Å². The second kappa shape index (κ2) is 8.49. The molecule has 0 fully saturated rings. The quantitative estimate of drug-likeness (QED) is 0.604. The van der Waals surface area contributed by atoms with Gasteiger partial charge in [0.1, 0.15) is 0 Å². The normalized spacial score (nSPS) is 11.1. The molecule has 1 amide bonds. The molecule has 0 aromatic heterocycles. The number of rotatable bonds is 6. The van der Waals surface area contributed by atoms with Gasteiger partial charge >= 0.3 is 0 Å². The Bertz CT molecular complexity index is 742. The van der Waals surface area contributed by atoms with Crippen LogP contribution in [0.4, 0.5) is 0 Å². The van der Waals surface area contributed by atoms with Gasteiger partial charge < -0.3 is 9.47 Å². The summed E-state index contributed by atoms with van der Waals surface area (Å²) in [4.78, 5) is 11.9. The Hall–Kier alpha value is -2.34. The molecular formula is C18H19BrN2O3. The maximum Gasteiger partial charge on any atom is 0.277 e. The van der Waals surface area contributed by atoms with Crippen molar-refractivity contribution in [3.63, 3.8) is 0 Å². The molecule has 1 N–H and O–H groups in total. The van der Waals surface area contributed by atoms with Crippen LogP contribution in [-0.4, -0.2) is 25.3 Å². The minimum Gasteiger partial charge on any atom is -0.493 e. The van der Waals surface area contributed by atoms with Crippen LogP contribution in [0.3, 0.4) is 0 Å². The number of ether oxygens (including phenoxy) is 2. The number of benzene rings is 2. The van der Waals surface area contributed by atoms with E-state index >= 15 is 0 Å². The molecule has 0 bridgehead atoms. The molecule has 0 saturated carbocycles. The van der Waals surface area contributed by atoms with E-state index in [-0.39, 0.29) is 12.5 Å². The first-order valence-electron chi connectivity index (χ1n) is 7.36. The predicted molar refractivity (Wildman–Crippen MR) is 97.7 cm³/mol. The van der Waals surface area contributed by atoms with E-state index in [4.69, 9.17) is 9.47 Å². The molecule has 0 aliphatic rings. The maximum atomic E-state index is 11.9. The smallest absolute Gasteiger partial charge is 0.277 e. The van der Waals surface area contributed by atoms with E-state index in [2.05, 4.69) is 26.5 Å². The summed E-state index contributed by atoms with van der Waals surface area (Å²) in [6.07, 6.45) is 0. The number of amides is 1. The Balaban J connectivity index is 1.91. The van der Waals surface area contributed by atoms with Crippen LogP contribution in [0.2, 0.25) is 0 Å². The third-order valence-corrected chi connectivity index (χ3v) is 3.80. The predicted octanol–water partition coefficient (Wildman–Crippen LogP) is 3.69. The Kier molecular flexibility index (Phi) is 6.37. The number of halogens is 1. The molecular weight excluding hydrogens is 372 g/mol. The van der Waals surface area contributed by atoms with Crippen molar-refractivity contribution in [2.75, 3.05) is 13.7 Å². The van der Waals surface area contributed by atoms with Crippen molar-refractivity contribution in [2.45, 2.75) is 13.8 Å². The Morgan fingerprint density at radius 3 is 2.54 bits per heavy atom. The molecule has 0 heterocycles. The highest BCUT2D eigenvalue weighted by Crippen LogP contribution is 2.29. The van der Waals surface area contributed by atoms with E-state index in [9.17, 15) is 4.79 Å². The number of carbonyl (C=O) groups excluding carboxylic acids is 1. The SMILES string of the molecule is COc1cc(Br)ccc1OCC(=O)NN=C(C)c1ccc(C)cc1. The van der Waals surface area contributed by atoms with E-state index in [0.717, 1.165) is 15.7 Å². The van der Waals surface area contributed by atoms with Gasteiger partial charge in [0.15, 0.2) is 18.1 Å². The summed E-state index contributed by atoms with van der Waals surface area (Å²) in [5.41, 5.74) is 5.34. The number of nitrogens with zero attached hydrogens (tertiary/aromatic N) is 1. The lowest BCUT2D eigenvalue weighted by molar-refractivity contribution is -0.123. The third kappa shape index (κ3) is 5.09. The fraction of sp³-hybridized carbons (Fsp3) is 0.222. The number of hydrogen-bond donors (Lipinski definition) is 1. The van der Waals surface area contributed by atoms with Crippen LogP contribution in [0, 0.1) is 6.92 Å². The topological polar surface area (TPSA) is 59.9 Å². The minimum atomic E-state index is -0.341. The van der Waals surface area contributed by atoms with Crippen molar-refractivity contribution in [2.24, 2.45) is 5.10 Å². The summed E-state index contributed by atoms with van der Waals surface area (Å²) in [7, 11) is 1.55. The molecule has 0 radical (unpaired) electrons. The molecule has 2 aromatic carbocycles. The number of hydrazone groups is 1. The van der Waals surface area contributed by atoms with Gasteiger partial charge in [-0.2, -0.15) is 5.10 Å². The average Bonchev–Trinajstić information content (AvgIpc) is 2.59. The van der Waals surface area contributed by atoms with E-state index in [1.807, 2.05) is 44.2 Å². The highest BCUT2D eigenvalue weighted by Gasteiger charge is 2.08. The summed E-state index contributed by atoms with van der Waals surface area (Å²) in [5, 5.41) is 4.09. The van der Waals surface area contributed by atoms with Gasteiger partial charge in [0.25, 0.3) is 5.91 Å². The molecule has 0 spiro atoms. The zero-order chi connectivity index (χ0) is 17.5. The van der Waals surface area contributed by atoms with E-state index in [0.29, 0.717) is 11.5 Å². The fourth-order valence-electron chi connectivity index (χ4n) is 1.94. The zero-order valence-corrected chi connectivity index (χ0v) is 15.4. The molecule has 0 atom stereocenters. The van der Waals surface area contributed by atoms with Crippen molar-refractivity contribution in [1.82, 2.24) is 5.43 Å². The lowest BCUT2D eigenvalue weighted by Crippen LogP contribution is -2.25. The summed E-state index contributed by atoms with van der Waals surface area (Å²) < 4.78 is 11.6. The fourth-order valence-corrected chi connectivity index (χ4v) is 2.28. The minimum absolute atomic E-state index is 0.150. The van der Waals surface area contributed by atoms with Gasteiger partial charge in [-0.05, 0) is 37.6 Å². The lowest BCUT2D eigenvalue weighted by atomic mass is 10.1. The van der Waals surface area contributed by atoms with Crippen molar-refractivity contribution >= 4 is 27.5 Å². The number of hydrogen-bond acceptors (Lipinski definition) is 4. The van der Waals surface area contributed by atoms with Crippen molar-refractivity contribution in [3.8, 4) is 11.5 Å². The molecule has 126 valence electrons. The van der Waals surface area contributed by atoms with Crippen LogP contribution in [0.15, 0.2) is 52.0 Å². The number of methoxy groups -OCH3 is 1. The Morgan fingerprint density at radius 2 is 1.88 bits per heavy atom. The first-order valence-corrected chi connectivity index (χ1v) is 8.15. The van der Waals surface area contributed by atoms with Crippen molar-refractivity contribution in [3.05, 3.63) is 58.1 Å². The van der Waals surface area contributed by atoms with Gasteiger partial charge in [-0.3, -0.25) is 4.79 Å². The second-order valence-electron chi connectivity index (χ2n) is 5.18. The van der Waals surface area contributed by atoms with Crippen molar-refractivity contribution < 1.29 is 14.3 Å². The van der Waals surface area contributed by atoms with E-state index < -0.39 is 0 Å². The van der Waals surface area contributed by atoms with E-state index in [1.54, 1.807) is 19.2 Å². The molecule has 24 heavy (non-hydrogen) atoms. The zero-order valence-electron chi connectivity index (χ0n) is 13.8. The second-order valence-corrected chi connectivity index (χ2v) is 6.10. The molecule has 6 heteroatoms. The number of carbonyl (C=O) groups is 1. The molecule has 2 aromatic rings. The number of aryl methyl sites for hydroxylation is 1. The van der Waals surface area contributed by atoms with Crippen LogP contribution in [0.5, 0.6) is 11.5 Å². The summed E-state index contributed by atoms with van der Waals surface area (Å²) in [5.74, 6) is 0.707. The molecule has 0 aliphatic heterocycles. The van der Waals surface area contributed by atoms with E-state index in [1.165, 1.54) is 5.56 Å². The van der Waals surface area contributed by atoms with Crippen LogP contribution >= 0.6 is 15.9 Å². The third-order valence-electron chi connectivity index (χ3n) is 3.30. The molecule has 2 rings (SSSR count). The van der Waals surface area contributed by atoms with Crippen LogP contribution in [0.25, 0.3) is 0 Å².